The summed E-state index contributed by atoms with van der Waals surface area (Å²) in [5.74, 6) is 0.296. The summed E-state index contributed by atoms with van der Waals surface area (Å²) in [6.07, 6.45) is 1.13. The molecule has 50 heavy (non-hydrogen) atoms. The van der Waals surface area contributed by atoms with Gasteiger partial charge in [0, 0.05) is 41.5 Å². The molecule has 0 unspecified atom stereocenters. The molecule has 1 aliphatic heterocycles. The van der Waals surface area contributed by atoms with E-state index in [9.17, 15) is 14.4 Å². The molecule has 258 valence electrons. The first-order valence-electron chi connectivity index (χ1n) is 15.5. The third-order valence-electron chi connectivity index (χ3n) is 7.89. The molecule has 0 bridgehead atoms. The third kappa shape index (κ3) is 8.37. The predicted molar refractivity (Wildman–Crippen MR) is 184 cm³/mol. The fourth-order valence-electron chi connectivity index (χ4n) is 5.41. The van der Waals surface area contributed by atoms with Crippen LogP contribution in [0.3, 0.4) is 0 Å². The van der Waals surface area contributed by atoms with Gasteiger partial charge in [-0.2, -0.15) is 0 Å². The molecule has 1 fully saturated rings. The smallest absolute Gasteiger partial charge is 0.411 e. The van der Waals surface area contributed by atoms with Crippen LogP contribution >= 0.6 is 23.2 Å². The Kier molecular flexibility index (Phi) is 10.9. The zero-order valence-electron chi connectivity index (χ0n) is 26.7. The zero-order chi connectivity index (χ0) is 35.0. The number of ether oxygens (including phenoxy) is 2. The molecule has 3 aromatic carbocycles. The monoisotopic (exact) mass is 718 g/mol. The normalized spacial score (nSPS) is 13.4. The molecule has 1 aliphatic rings. The number of aromatic amines is 1. The van der Waals surface area contributed by atoms with Gasteiger partial charge in [0.1, 0.15) is 23.0 Å². The van der Waals surface area contributed by atoms with Crippen LogP contribution in [0, 0.1) is 0 Å². The van der Waals surface area contributed by atoms with E-state index in [2.05, 4.69) is 41.2 Å². The Morgan fingerprint density at radius 1 is 1.04 bits per heavy atom. The number of halogens is 2. The summed E-state index contributed by atoms with van der Waals surface area (Å²) in [6.45, 7) is 2.12. The number of benzene rings is 3. The highest BCUT2D eigenvalue weighted by molar-refractivity contribution is 6.32. The van der Waals surface area contributed by atoms with Crippen molar-refractivity contribution in [2.75, 3.05) is 38.7 Å². The average molecular weight is 720 g/mol. The molecule has 17 heteroatoms. The van der Waals surface area contributed by atoms with Gasteiger partial charge in [-0.1, -0.05) is 47.5 Å². The molecule has 0 saturated carbocycles. The van der Waals surface area contributed by atoms with Gasteiger partial charge in [0.25, 0.3) is 5.91 Å². The number of methoxy groups -OCH3 is 1. The van der Waals surface area contributed by atoms with E-state index in [1.165, 1.54) is 18.1 Å². The number of morpholine rings is 1. The van der Waals surface area contributed by atoms with Gasteiger partial charge in [0.2, 0.25) is 0 Å². The van der Waals surface area contributed by atoms with Crippen molar-refractivity contribution in [1.82, 2.24) is 45.7 Å². The summed E-state index contributed by atoms with van der Waals surface area (Å²) in [4.78, 5) is 48.0. The molecule has 4 N–H and O–H groups in total. The van der Waals surface area contributed by atoms with Crippen molar-refractivity contribution in [3.8, 4) is 16.9 Å². The largest absolute Gasteiger partial charge is 0.453 e. The molecule has 0 radical (unpaired) electrons. The maximum atomic E-state index is 13.5. The molecule has 4 amide bonds. The van der Waals surface area contributed by atoms with Crippen LogP contribution in [0.5, 0.6) is 0 Å². The number of amides is 4. The lowest BCUT2D eigenvalue weighted by Gasteiger charge is -2.27. The van der Waals surface area contributed by atoms with Crippen LogP contribution in [-0.2, 0) is 22.4 Å². The first-order chi connectivity index (χ1) is 24.3. The number of hydrogen-bond acceptors (Lipinski definition) is 9. The molecule has 3 heterocycles. The first kappa shape index (κ1) is 34.4. The number of aromatic nitrogens is 6. The molecule has 1 saturated heterocycles. The maximum Gasteiger partial charge on any atom is 0.411 e. The van der Waals surface area contributed by atoms with Gasteiger partial charge in [0.05, 0.1) is 32.1 Å². The molecule has 2 aromatic heterocycles. The van der Waals surface area contributed by atoms with Crippen molar-refractivity contribution in [2.45, 2.75) is 19.0 Å². The van der Waals surface area contributed by atoms with Gasteiger partial charge < -0.3 is 30.0 Å². The maximum absolute atomic E-state index is 13.5. The highest BCUT2D eigenvalue weighted by atomic mass is 35.5. The fourth-order valence-corrected chi connectivity index (χ4v) is 5.86. The Balaban J connectivity index is 1.24. The van der Waals surface area contributed by atoms with Crippen LogP contribution in [0.2, 0.25) is 10.2 Å². The Bertz CT molecular complexity index is 1960. The summed E-state index contributed by atoms with van der Waals surface area (Å²) in [5.41, 5.74) is 4.29. The third-order valence-corrected chi connectivity index (χ3v) is 8.40. The van der Waals surface area contributed by atoms with E-state index in [1.54, 1.807) is 53.4 Å². The van der Waals surface area contributed by atoms with Crippen LogP contribution in [0.25, 0.3) is 16.9 Å². The van der Waals surface area contributed by atoms with Crippen molar-refractivity contribution < 1.29 is 23.9 Å². The number of imidazole rings is 1. The van der Waals surface area contributed by atoms with Gasteiger partial charge >= 0.3 is 12.1 Å². The lowest BCUT2D eigenvalue weighted by molar-refractivity contribution is 0.0303. The van der Waals surface area contributed by atoms with Crippen molar-refractivity contribution in [2.24, 2.45) is 0 Å². The Labute approximate surface area is 296 Å². The second kappa shape index (κ2) is 15.8. The Hall–Kier alpha value is -5.51. The van der Waals surface area contributed by atoms with E-state index in [1.807, 2.05) is 18.2 Å². The van der Waals surface area contributed by atoms with Crippen molar-refractivity contribution in [3.63, 3.8) is 0 Å². The lowest BCUT2D eigenvalue weighted by atomic mass is 10.0. The molecular formula is C33H32Cl2N10O5. The molecule has 0 aliphatic carbocycles. The van der Waals surface area contributed by atoms with Crippen LogP contribution in [0.15, 0.2) is 73.1 Å². The summed E-state index contributed by atoms with van der Waals surface area (Å²) in [5, 5.41) is 20.6. The van der Waals surface area contributed by atoms with Gasteiger partial charge in [-0.05, 0) is 70.4 Å². The standard InChI is InChI=1S/C33H32Cl2N10O5/c1-49-33(48)38-25-8-5-21(6-9-25)28-29(35)41-30(40-28)26(16-20-3-2-4-22(15-20)31(46)44-11-13-50-14-12-44)39-32(47)36-18-23-17-24(34)7-10-27(23)45-19-37-42-43-45/h2-10,15,17,19,26H,11-14,16,18H2,1H3,(H,38,48)(H,40,41)(H2,36,39,47)/t26-/m0/s1. The van der Waals surface area contributed by atoms with Crippen LogP contribution in [0.4, 0.5) is 15.3 Å². The summed E-state index contributed by atoms with van der Waals surface area (Å²) < 4.78 is 11.5. The minimum atomic E-state index is -0.700. The molecule has 0 spiro atoms. The molecule has 6 rings (SSSR count). The van der Waals surface area contributed by atoms with Crippen LogP contribution < -0.4 is 16.0 Å². The number of tetrazole rings is 1. The number of anilines is 1. The van der Waals surface area contributed by atoms with Gasteiger partial charge in [-0.3, -0.25) is 10.1 Å². The fraction of sp³-hybridized carbons (Fsp3) is 0.242. The van der Waals surface area contributed by atoms with Crippen molar-refractivity contribution in [1.29, 1.82) is 0 Å². The first-order valence-corrected chi connectivity index (χ1v) is 16.3. The topological polar surface area (TPSA) is 181 Å². The van der Waals surface area contributed by atoms with E-state index < -0.39 is 18.2 Å². The number of nitrogens with one attached hydrogen (secondary N) is 4. The van der Waals surface area contributed by atoms with Crippen molar-refractivity contribution in [3.05, 3.63) is 106 Å². The number of rotatable bonds is 10. The predicted octanol–water partition coefficient (Wildman–Crippen LogP) is 4.79. The molecule has 15 nitrogen and oxygen atoms in total. The summed E-state index contributed by atoms with van der Waals surface area (Å²) >= 11 is 12.9. The van der Waals surface area contributed by atoms with E-state index in [0.29, 0.717) is 70.9 Å². The second-order valence-electron chi connectivity index (χ2n) is 11.2. The van der Waals surface area contributed by atoms with Gasteiger partial charge in [-0.15, -0.1) is 5.10 Å². The van der Waals surface area contributed by atoms with E-state index in [4.69, 9.17) is 32.9 Å². The minimum absolute atomic E-state index is 0.0919. The number of urea groups is 1. The number of carbonyl (C=O) groups is 3. The van der Waals surface area contributed by atoms with E-state index >= 15 is 0 Å². The average Bonchev–Trinajstić information content (AvgIpc) is 3.81. The quantitative estimate of drug-likeness (QED) is 0.158. The SMILES string of the molecule is COC(=O)Nc1ccc(-c2nc([C@H](Cc3cccc(C(=O)N4CCOCC4)c3)NC(=O)NCc3cc(Cl)ccc3-n3cnnn3)[nH]c2Cl)cc1. The number of nitrogens with zero attached hydrogens (tertiary/aromatic N) is 6. The highest BCUT2D eigenvalue weighted by Gasteiger charge is 2.24. The molecule has 1 atom stereocenters. The van der Waals surface area contributed by atoms with E-state index in [0.717, 1.165) is 5.56 Å². The van der Waals surface area contributed by atoms with Crippen LogP contribution in [-0.4, -0.2) is 86.5 Å². The number of H-pyrrole nitrogens is 1. The van der Waals surface area contributed by atoms with Crippen molar-refractivity contribution >= 4 is 46.9 Å². The Morgan fingerprint density at radius 2 is 1.84 bits per heavy atom. The van der Waals surface area contributed by atoms with E-state index in [-0.39, 0.29) is 24.0 Å². The second-order valence-corrected chi connectivity index (χ2v) is 12.0. The van der Waals surface area contributed by atoms with Gasteiger partial charge in [-0.25, -0.2) is 19.3 Å². The van der Waals surface area contributed by atoms with Crippen LogP contribution in [0.1, 0.15) is 33.4 Å². The lowest BCUT2D eigenvalue weighted by Crippen LogP contribution is -2.40. The zero-order valence-corrected chi connectivity index (χ0v) is 28.2. The number of hydrogen-bond donors (Lipinski definition) is 4. The minimum Gasteiger partial charge on any atom is -0.453 e. The summed E-state index contributed by atoms with van der Waals surface area (Å²) in [7, 11) is 1.28. The molecular weight excluding hydrogens is 687 g/mol. The number of carbonyl (C=O) groups excluding carboxylic acids is 3. The Morgan fingerprint density at radius 3 is 2.58 bits per heavy atom. The summed E-state index contributed by atoms with van der Waals surface area (Å²) in [6, 6.07) is 18.1. The van der Waals surface area contributed by atoms with Gasteiger partial charge in [0.15, 0.2) is 0 Å². The highest BCUT2D eigenvalue weighted by Crippen LogP contribution is 2.30. The molecule has 5 aromatic rings.